The van der Waals surface area contributed by atoms with Crippen LogP contribution in [-0.2, 0) is 6.54 Å². The van der Waals surface area contributed by atoms with E-state index in [0.29, 0.717) is 16.4 Å². The number of fused-ring (bicyclic) bond motifs is 1. The first kappa shape index (κ1) is 17.9. The molecule has 0 spiro atoms. The number of nitrogens with zero attached hydrogens (tertiary/aromatic N) is 3. The van der Waals surface area contributed by atoms with Crippen molar-refractivity contribution in [2.75, 3.05) is 0 Å². The molecule has 3 aromatic heterocycles. The molecule has 0 unspecified atom stereocenters. The van der Waals surface area contributed by atoms with Crippen molar-refractivity contribution in [3.8, 4) is 17.0 Å². The molecule has 0 radical (unpaired) electrons. The van der Waals surface area contributed by atoms with Crippen LogP contribution in [0.1, 0.15) is 5.56 Å². The van der Waals surface area contributed by atoms with Crippen LogP contribution in [0.5, 0.6) is 5.88 Å². The van der Waals surface area contributed by atoms with Gasteiger partial charge < -0.3 is 5.11 Å². The van der Waals surface area contributed by atoms with Crippen molar-refractivity contribution < 1.29 is 9.67 Å². The standard InChI is InChI=1S/C20H13ClIN3O2/c21-15-10-9-13(11-23-15)12-24-17-8-4-7-16(22)25(17)20(27)18(19(24)26)14-5-2-1-3-6-14/h1-11H,12H2. The summed E-state index contributed by atoms with van der Waals surface area (Å²) in [5, 5.41) is 13.7. The molecule has 5 nitrogen and oxygen atoms in total. The molecule has 0 atom stereocenters. The highest BCUT2D eigenvalue weighted by molar-refractivity contribution is 14.1. The summed E-state index contributed by atoms with van der Waals surface area (Å²) in [6.07, 6.45) is 1.63. The van der Waals surface area contributed by atoms with Crippen LogP contribution in [0.4, 0.5) is 0 Å². The zero-order chi connectivity index (χ0) is 19.0. The van der Waals surface area contributed by atoms with Crippen molar-refractivity contribution in [1.82, 2.24) is 9.38 Å². The summed E-state index contributed by atoms with van der Waals surface area (Å²) in [6, 6.07) is 18.0. The molecule has 0 saturated heterocycles. The average Bonchev–Trinajstić information content (AvgIpc) is 2.67. The van der Waals surface area contributed by atoms with E-state index in [9.17, 15) is 9.90 Å². The molecule has 0 bridgehead atoms. The molecule has 134 valence electrons. The van der Waals surface area contributed by atoms with Crippen LogP contribution in [0.2, 0.25) is 5.15 Å². The van der Waals surface area contributed by atoms with Crippen LogP contribution >= 0.6 is 34.2 Å². The third-order valence-electron chi connectivity index (χ3n) is 4.27. The number of aromatic nitrogens is 3. The first-order chi connectivity index (χ1) is 13.1. The Kier molecular flexibility index (Phi) is 4.84. The van der Waals surface area contributed by atoms with Gasteiger partial charge in [0.2, 0.25) is 0 Å². The Morgan fingerprint density at radius 1 is 1.07 bits per heavy atom. The summed E-state index contributed by atoms with van der Waals surface area (Å²) in [6.45, 7) is 0.284. The zero-order valence-electron chi connectivity index (χ0n) is 14.0. The highest BCUT2D eigenvalue weighted by Gasteiger charge is 2.21. The lowest BCUT2D eigenvalue weighted by molar-refractivity contribution is -0.708. The topological polar surface area (TPSA) is 61.3 Å². The van der Waals surface area contributed by atoms with Gasteiger partial charge in [-0.2, -0.15) is 4.40 Å². The predicted molar refractivity (Wildman–Crippen MR) is 110 cm³/mol. The van der Waals surface area contributed by atoms with Crippen molar-refractivity contribution in [1.29, 1.82) is 0 Å². The summed E-state index contributed by atoms with van der Waals surface area (Å²) >= 11 is 7.96. The molecule has 0 amide bonds. The normalized spacial score (nSPS) is 11.0. The lowest BCUT2D eigenvalue weighted by atomic mass is 10.1. The SMILES string of the molecule is O=c1c(-c2ccccc2)c([O-])[n+](Cc2ccc(Cl)nc2)c2cccc(I)n12. The summed E-state index contributed by atoms with van der Waals surface area (Å²) in [5.41, 5.74) is 1.78. The molecular formula is C20H13ClIN3O2. The van der Waals surface area contributed by atoms with Crippen molar-refractivity contribution in [2.45, 2.75) is 6.54 Å². The highest BCUT2D eigenvalue weighted by Crippen LogP contribution is 2.22. The zero-order valence-corrected chi connectivity index (χ0v) is 16.9. The number of hydrogen-bond donors (Lipinski definition) is 0. The van der Waals surface area contributed by atoms with Crippen molar-refractivity contribution in [3.63, 3.8) is 0 Å². The quantitative estimate of drug-likeness (QED) is 0.253. The van der Waals surface area contributed by atoms with Gasteiger partial charge in [-0.1, -0.05) is 48.0 Å². The van der Waals surface area contributed by atoms with E-state index < -0.39 is 0 Å². The molecule has 3 heterocycles. The monoisotopic (exact) mass is 489 g/mol. The molecule has 4 aromatic rings. The molecule has 4 rings (SSSR count). The third kappa shape index (κ3) is 3.30. The van der Waals surface area contributed by atoms with Gasteiger partial charge in [-0.25, -0.2) is 14.3 Å². The summed E-state index contributed by atoms with van der Waals surface area (Å²) in [7, 11) is 0. The van der Waals surface area contributed by atoms with Gasteiger partial charge in [0.05, 0.1) is 5.88 Å². The first-order valence-corrected chi connectivity index (χ1v) is 9.62. The minimum absolute atomic E-state index is 0.152. The fourth-order valence-corrected chi connectivity index (χ4v) is 3.80. The smallest absolute Gasteiger partial charge is 0.350 e. The van der Waals surface area contributed by atoms with Crippen molar-refractivity contribution >= 4 is 39.8 Å². The molecular weight excluding hydrogens is 477 g/mol. The lowest BCUT2D eigenvalue weighted by Gasteiger charge is -2.17. The highest BCUT2D eigenvalue weighted by atomic mass is 127. The van der Waals surface area contributed by atoms with Gasteiger partial charge in [-0.3, -0.25) is 0 Å². The summed E-state index contributed by atoms with van der Waals surface area (Å²) < 4.78 is 3.89. The number of benzene rings is 1. The number of pyridine rings is 2. The van der Waals surface area contributed by atoms with Gasteiger partial charge in [0, 0.05) is 40.4 Å². The molecule has 27 heavy (non-hydrogen) atoms. The van der Waals surface area contributed by atoms with Gasteiger partial charge in [0.1, 0.15) is 17.3 Å². The molecule has 0 aliphatic carbocycles. The Morgan fingerprint density at radius 2 is 1.85 bits per heavy atom. The van der Waals surface area contributed by atoms with E-state index in [0.717, 1.165) is 9.26 Å². The maximum Gasteiger partial charge on any atom is 0.350 e. The van der Waals surface area contributed by atoms with Crippen LogP contribution in [0.3, 0.4) is 0 Å². The Balaban J connectivity index is 2.04. The van der Waals surface area contributed by atoms with E-state index in [1.807, 2.05) is 36.4 Å². The van der Waals surface area contributed by atoms with Crippen LogP contribution < -0.4 is 15.2 Å². The van der Waals surface area contributed by atoms with Gasteiger partial charge >= 0.3 is 5.56 Å². The second-order valence-electron chi connectivity index (χ2n) is 5.97. The fraction of sp³-hybridized carbons (Fsp3) is 0.0500. The molecule has 0 fully saturated rings. The Labute approximate surface area is 173 Å². The van der Waals surface area contributed by atoms with E-state index in [-0.39, 0.29) is 23.5 Å². The van der Waals surface area contributed by atoms with Crippen LogP contribution in [0, 0.1) is 3.70 Å². The Bertz CT molecular complexity index is 1190. The van der Waals surface area contributed by atoms with Crippen LogP contribution in [0.15, 0.2) is 71.7 Å². The third-order valence-corrected chi connectivity index (χ3v) is 5.33. The number of halogens is 2. The molecule has 0 aliphatic heterocycles. The van der Waals surface area contributed by atoms with Crippen LogP contribution in [-0.4, -0.2) is 9.38 Å². The summed E-state index contributed by atoms with van der Waals surface area (Å²) in [5.74, 6) is -0.330. The Morgan fingerprint density at radius 3 is 2.56 bits per heavy atom. The predicted octanol–water partition coefficient (Wildman–Crippen LogP) is 3.03. The van der Waals surface area contributed by atoms with Gasteiger partial charge in [0.25, 0.3) is 5.65 Å². The molecule has 0 aliphatic rings. The minimum Gasteiger partial charge on any atom is -0.842 e. The number of rotatable bonds is 3. The van der Waals surface area contributed by atoms with E-state index >= 15 is 0 Å². The fourth-order valence-electron chi connectivity index (χ4n) is 3.01. The van der Waals surface area contributed by atoms with Crippen molar-refractivity contribution in [2.24, 2.45) is 0 Å². The van der Waals surface area contributed by atoms with E-state index in [1.54, 1.807) is 39.4 Å². The Hall–Kier alpha value is -2.45. The average molecular weight is 490 g/mol. The van der Waals surface area contributed by atoms with Gasteiger partial charge in [-0.05, 0) is 23.8 Å². The number of hydrogen-bond acceptors (Lipinski definition) is 3. The second kappa shape index (κ2) is 7.28. The van der Waals surface area contributed by atoms with Gasteiger partial charge in [0.15, 0.2) is 3.70 Å². The first-order valence-electron chi connectivity index (χ1n) is 8.16. The van der Waals surface area contributed by atoms with E-state index in [2.05, 4.69) is 27.6 Å². The molecule has 7 heteroatoms. The minimum atomic E-state index is -0.330. The second-order valence-corrected chi connectivity index (χ2v) is 7.46. The lowest BCUT2D eigenvalue weighted by Crippen LogP contribution is -2.44. The van der Waals surface area contributed by atoms with Gasteiger partial charge in [-0.15, -0.1) is 0 Å². The maximum atomic E-state index is 13.3. The maximum absolute atomic E-state index is 13.3. The van der Waals surface area contributed by atoms with E-state index in [4.69, 9.17) is 11.6 Å². The van der Waals surface area contributed by atoms with Crippen LogP contribution in [0.25, 0.3) is 16.8 Å². The molecule has 0 N–H and O–H groups in total. The van der Waals surface area contributed by atoms with E-state index in [1.165, 1.54) is 0 Å². The summed E-state index contributed by atoms with van der Waals surface area (Å²) in [4.78, 5) is 17.2. The molecule has 1 aromatic carbocycles. The molecule has 0 saturated carbocycles. The largest absolute Gasteiger partial charge is 0.842 e. The van der Waals surface area contributed by atoms with Crippen molar-refractivity contribution in [3.05, 3.63) is 91.6 Å².